The number of sulfonamides is 1. The Morgan fingerprint density at radius 3 is 2.59 bits per heavy atom. The molecule has 10 heteroatoms. The first-order chi connectivity index (χ1) is 15.3. The van der Waals surface area contributed by atoms with Crippen molar-refractivity contribution in [3.63, 3.8) is 0 Å². The van der Waals surface area contributed by atoms with E-state index in [9.17, 15) is 18.0 Å². The lowest BCUT2D eigenvalue weighted by Gasteiger charge is -2.18. The zero-order valence-corrected chi connectivity index (χ0v) is 18.5. The number of hydrogen-bond acceptors (Lipinski definition) is 6. The molecule has 168 valence electrons. The highest BCUT2D eigenvalue weighted by Crippen LogP contribution is 2.32. The third-order valence-electron chi connectivity index (χ3n) is 5.33. The molecule has 0 radical (unpaired) electrons. The number of nitrogens with one attached hydrogen (secondary N) is 2. The maximum Gasteiger partial charge on any atom is 0.257 e. The second-order valence-corrected chi connectivity index (χ2v) is 9.14. The van der Waals surface area contributed by atoms with E-state index in [-0.39, 0.29) is 29.2 Å². The number of amides is 1. The number of rotatable bonds is 7. The monoisotopic (exact) mass is 457 g/mol. The van der Waals surface area contributed by atoms with Crippen molar-refractivity contribution < 1.29 is 22.7 Å². The molecule has 0 saturated carbocycles. The van der Waals surface area contributed by atoms with Gasteiger partial charge in [0.2, 0.25) is 22.2 Å². The predicted octanol–water partition coefficient (Wildman–Crippen LogP) is 2.22. The van der Waals surface area contributed by atoms with Crippen molar-refractivity contribution in [1.29, 1.82) is 0 Å². The van der Waals surface area contributed by atoms with Gasteiger partial charge in [-0.1, -0.05) is 19.9 Å². The third kappa shape index (κ3) is 3.94. The SMILES string of the molecule is CCN(CC)S(=O)(=O)c1ccc2[nH]cc(C(=O)NCc3ccc4c(c3)OCO4)c(=O)c2c1. The molecular weight excluding hydrogens is 434 g/mol. The van der Waals surface area contributed by atoms with Crippen LogP contribution in [0.25, 0.3) is 10.9 Å². The van der Waals surface area contributed by atoms with Gasteiger partial charge in [-0.2, -0.15) is 4.31 Å². The number of aromatic amines is 1. The Kier molecular flexibility index (Phi) is 5.90. The largest absolute Gasteiger partial charge is 0.454 e. The van der Waals surface area contributed by atoms with Crippen molar-refractivity contribution in [1.82, 2.24) is 14.6 Å². The van der Waals surface area contributed by atoms with Gasteiger partial charge in [-0.25, -0.2) is 8.42 Å². The van der Waals surface area contributed by atoms with E-state index in [1.807, 2.05) is 0 Å². The van der Waals surface area contributed by atoms with Crippen LogP contribution in [0, 0.1) is 0 Å². The topological polar surface area (TPSA) is 118 Å². The summed E-state index contributed by atoms with van der Waals surface area (Å²) in [5.74, 6) is 0.673. The number of ether oxygens (including phenoxy) is 2. The first-order valence-electron chi connectivity index (χ1n) is 10.2. The van der Waals surface area contributed by atoms with Crippen LogP contribution >= 0.6 is 0 Å². The van der Waals surface area contributed by atoms with Crippen molar-refractivity contribution in [2.75, 3.05) is 19.9 Å². The number of benzene rings is 2. The molecule has 32 heavy (non-hydrogen) atoms. The summed E-state index contributed by atoms with van der Waals surface area (Å²) in [6.07, 6.45) is 1.33. The second-order valence-electron chi connectivity index (χ2n) is 7.20. The molecule has 3 aromatic rings. The Balaban J connectivity index is 1.61. The Hall–Kier alpha value is -3.37. The highest BCUT2D eigenvalue weighted by atomic mass is 32.2. The lowest BCUT2D eigenvalue weighted by molar-refractivity contribution is 0.0949. The second kappa shape index (κ2) is 8.64. The van der Waals surface area contributed by atoms with Crippen LogP contribution in [0.4, 0.5) is 0 Å². The fourth-order valence-electron chi connectivity index (χ4n) is 3.57. The van der Waals surface area contributed by atoms with Gasteiger partial charge in [0.1, 0.15) is 5.56 Å². The minimum absolute atomic E-state index is 0.0112. The zero-order valence-electron chi connectivity index (χ0n) is 17.7. The van der Waals surface area contributed by atoms with Crippen molar-refractivity contribution in [2.24, 2.45) is 0 Å². The maximum atomic E-state index is 13.0. The summed E-state index contributed by atoms with van der Waals surface area (Å²) in [4.78, 5) is 28.6. The van der Waals surface area contributed by atoms with Crippen LogP contribution in [0.3, 0.4) is 0 Å². The Bertz CT molecular complexity index is 1350. The van der Waals surface area contributed by atoms with E-state index < -0.39 is 21.4 Å². The molecule has 0 atom stereocenters. The van der Waals surface area contributed by atoms with Crippen LogP contribution in [0.2, 0.25) is 0 Å². The molecule has 0 spiro atoms. The fourth-order valence-corrected chi connectivity index (χ4v) is 5.05. The number of carbonyl (C=O) groups is 1. The van der Waals surface area contributed by atoms with Crippen LogP contribution in [0.1, 0.15) is 29.8 Å². The van der Waals surface area contributed by atoms with Gasteiger partial charge in [0, 0.05) is 36.7 Å². The highest BCUT2D eigenvalue weighted by Gasteiger charge is 2.23. The van der Waals surface area contributed by atoms with Gasteiger partial charge in [-0.15, -0.1) is 0 Å². The molecule has 2 N–H and O–H groups in total. The molecule has 4 rings (SSSR count). The van der Waals surface area contributed by atoms with Gasteiger partial charge in [0.05, 0.1) is 4.90 Å². The molecule has 9 nitrogen and oxygen atoms in total. The first-order valence-corrected chi connectivity index (χ1v) is 11.6. The highest BCUT2D eigenvalue weighted by molar-refractivity contribution is 7.89. The summed E-state index contributed by atoms with van der Waals surface area (Å²) in [5, 5.41) is 2.84. The average Bonchev–Trinajstić information content (AvgIpc) is 3.26. The molecule has 2 heterocycles. The fraction of sp³-hybridized carbons (Fsp3) is 0.273. The summed E-state index contributed by atoms with van der Waals surface area (Å²) in [6.45, 7) is 4.47. The number of pyridine rings is 1. The lowest BCUT2D eigenvalue weighted by atomic mass is 10.1. The molecular formula is C22H23N3O6S. The van der Waals surface area contributed by atoms with Gasteiger partial charge in [-0.3, -0.25) is 9.59 Å². The van der Waals surface area contributed by atoms with Crippen molar-refractivity contribution in [3.8, 4) is 11.5 Å². The normalized spacial score (nSPS) is 13.0. The van der Waals surface area contributed by atoms with Crippen molar-refractivity contribution in [2.45, 2.75) is 25.3 Å². The third-order valence-corrected chi connectivity index (χ3v) is 7.38. The molecule has 1 aliphatic rings. The summed E-state index contributed by atoms with van der Waals surface area (Å²) in [7, 11) is -3.74. The van der Waals surface area contributed by atoms with Gasteiger partial charge in [-0.05, 0) is 35.9 Å². The van der Waals surface area contributed by atoms with Crippen LogP contribution in [-0.2, 0) is 16.6 Å². The summed E-state index contributed by atoms with van der Waals surface area (Å²) in [5.41, 5.74) is 0.586. The smallest absolute Gasteiger partial charge is 0.257 e. The molecule has 1 amide bonds. The quantitative estimate of drug-likeness (QED) is 0.562. The van der Waals surface area contributed by atoms with Crippen molar-refractivity contribution >= 4 is 26.8 Å². The molecule has 0 fully saturated rings. The van der Waals surface area contributed by atoms with E-state index in [0.29, 0.717) is 30.1 Å². The van der Waals surface area contributed by atoms with E-state index in [1.165, 1.54) is 28.7 Å². The number of H-pyrrole nitrogens is 1. The summed E-state index contributed by atoms with van der Waals surface area (Å²) < 4.78 is 37.6. The number of nitrogens with zero attached hydrogens (tertiary/aromatic N) is 1. The molecule has 1 aliphatic heterocycles. The standard InChI is InChI=1S/C22H23N3O6S/c1-3-25(4-2)32(28,29)15-6-7-18-16(10-15)21(26)17(12-23-18)22(27)24-11-14-5-8-19-20(9-14)31-13-30-19/h5-10,12H,3-4,11,13H2,1-2H3,(H,23,26)(H,24,27). The molecule has 0 aliphatic carbocycles. The van der Waals surface area contributed by atoms with Crippen molar-refractivity contribution in [3.05, 3.63) is 63.9 Å². The molecule has 0 unspecified atom stereocenters. The minimum Gasteiger partial charge on any atom is -0.454 e. The van der Waals surface area contributed by atoms with Crippen LogP contribution in [0.5, 0.6) is 11.5 Å². The molecule has 0 bridgehead atoms. The Labute approximate surface area is 185 Å². The lowest BCUT2D eigenvalue weighted by Crippen LogP contribution is -2.31. The van der Waals surface area contributed by atoms with Gasteiger partial charge < -0.3 is 19.8 Å². The zero-order chi connectivity index (χ0) is 22.9. The van der Waals surface area contributed by atoms with Crippen LogP contribution < -0.4 is 20.2 Å². The average molecular weight is 458 g/mol. The Morgan fingerprint density at radius 2 is 1.84 bits per heavy atom. The number of hydrogen-bond donors (Lipinski definition) is 2. The molecule has 0 saturated heterocycles. The van der Waals surface area contributed by atoms with Crippen LogP contribution in [-0.4, -0.2) is 43.5 Å². The van der Waals surface area contributed by atoms with E-state index in [1.54, 1.807) is 32.0 Å². The van der Waals surface area contributed by atoms with E-state index in [2.05, 4.69) is 10.3 Å². The molecule has 2 aromatic carbocycles. The number of aromatic nitrogens is 1. The van der Waals surface area contributed by atoms with E-state index in [0.717, 1.165) is 5.56 Å². The predicted molar refractivity (Wildman–Crippen MR) is 118 cm³/mol. The van der Waals surface area contributed by atoms with Gasteiger partial charge >= 0.3 is 0 Å². The molecule has 1 aromatic heterocycles. The van der Waals surface area contributed by atoms with Crippen LogP contribution in [0.15, 0.2) is 52.3 Å². The maximum absolute atomic E-state index is 13.0. The van der Waals surface area contributed by atoms with Gasteiger partial charge in [0.25, 0.3) is 5.91 Å². The summed E-state index contributed by atoms with van der Waals surface area (Å²) in [6, 6.07) is 9.61. The van der Waals surface area contributed by atoms with Gasteiger partial charge in [0.15, 0.2) is 11.5 Å². The summed E-state index contributed by atoms with van der Waals surface area (Å²) >= 11 is 0. The van der Waals surface area contributed by atoms with E-state index >= 15 is 0 Å². The first kappa shape index (κ1) is 21.8. The van der Waals surface area contributed by atoms with E-state index in [4.69, 9.17) is 9.47 Å². The minimum atomic E-state index is -3.74. The Morgan fingerprint density at radius 1 is 1.09 bits per heavy atom. The number of carbonyl (C=O) groups excluding carboxylic acids is 1. The number of fused-ring (bicyclic) bond motifs is 2.